The first-order valence-electron chi connectivity index (χ1n) is 5.84. The fourth-order valence-electron chi connectivity index (χ4n) is 1.45. The molecule has 0 heterocycles. The molecule has 0 aliphatic heterocycles. The van der Waals surface area contributed by atoms with Gasteiger partial charge in [-0.2, -0.15) is 26.3 Å². The maximum Gasteiger partial charge on any atom is 0.422 e. The van der Waals surface area contributed by atoms with Crippen LogP contribution in [0.1, 0.15) is 20.7 Å². The minimum atomic E-state index is -4.84. The van der Waals surface area contributed by atoms with E-state index in [4.69, 9.17) is 10.2 Å². The van der Waals surface area contributed by atoms with Gasteiger partial charge >= 0.3 is 24.3 Å². The molecule has 1 aromatic rings. The third-order valence-electron chi connectivity index (χ3n) is 2.33. The van der Waals surface area contributed by atoms with Gasteiger partial charge in [-0.15, -0.1) is 0 Å². The molecule has 2 N–H and O–H groups in total. The van der Waals surface area contributed by atoms with E-state index in [0.717, 1.165) is 0 Å². The molecule has 0 bridgehead atoms. The van der Waals surface area contributed by atoms with Crippen LogP contribution in [0, 0.1) is 0 Å². The van der Waals surface area contributed by atoms with E-state index in [9.17, 15) is 35.9 Å². The van der Waals surface area contributed by atoms with Gasteiger partial charge in [-0.05, 0) is 12.1 Å². The van der Waals surface area contributed by atoms with Crippen molar-refractivity contribution in [1.82, 2.24) is 0 Å². The van der Waals surface area contributed by atoms with Crippen LogP contribution in [0.3, 0.4) is 0 Å². The Balaban J connectivity index is 3.28. The summed E-state index contributed by atoms with van der Waals surface area (Å²) in [6.45, 7) is -3.84. The van der Waals surface area contributed by atoms with E-state index in [1.165, 1.54) is 0 Å². The van der Waals surface area contributed by atoms with Gasteiger partial charge in [-0.1, -0.05) is 0 Å². The molecule has 134 valence electrons. The highest BCUT2D eigenvalue weighted by molar-refractivity contribution is 5.97. The minimum Gasteiger partial charge on any atom is -0.483 e. The first-order chi connectivity index (χ1) is 10.8. The number of halogens is 6. The molecule has 0 atom stereocenters. The normalized spacial score (nSPS) is 11.9. The van der Waals surface area contributed by atoms with Gasteiger partial charge < -0.3 is 19.7 Å². The van der Waals surface area contributed by atoms with Crippen LogP contribution in [0.4, 0.5) is 26.3 Å². The number of benzene rings is 1. The summed E-state index contributed by atoms with van der Waals surface area (Å²) < 4.78 is 81.2. The molecule has 0 saturated carbocycles. The average Bonchev–Trinajstić information content (AvgIpc) is 2.40. The van der Waals surface area contributed by atoms with Gasteiger partial charge in [0, 0.05) is 0 Å². The maximum atomic E-state index is 12.1. The summed E-state index contributed by atoms with van der Waals surface area (Å²) >= 11 is 0. The number of aromatic carboxylic acids is 2. The van der Waals surface area contributed by atoms with Crippen LogP contribution in [0.25, 0.3) is 0 Å². The lowest BCUT2D eigenvalue weighted by Crippen LogP contribution is -2.22. The smallest absolute Gasteiger partial charge is 0.422 e. The summed E-state index contributed by atoms with van der Waals surface area (Å²) in [7, 11) is 0. The Bertz CT molecular complexity index is 580. The highest BCUT2D eigenvalue weighted by Crippen LogP contribution is 2.31. The Morgan fingerprint density at radius 3 is 1.29 bits per heavy atom. The average molecular weight is 362 g/mol. The summed E-state index contributed by atoms with van der Waals surface area (Å²) in [6.07, 6.45) is -9.69. The number of carboxylic acid groups (broad SMARTS) is 2. The molecule has 0 aromatic heterocycles. The molecular formula is C12H8F6O6. The zero-order valence-corrected chi connectivity index (χ0v) is 11.4. The monoisotopic (exact) mass is 362 g/mol. The van der Waals surface area contributed by atoms with Crippen molar-refractivity contribution in [3.8, 4) is 11.5 Å². The van der Waals surface area contributed by atoms with E-state index in [2.05, 4.69) is 9.47 Å². The van der Waals surface area contributed by atoms with Crippen molar-refractivity contribution in [3.05, 3.63) is 23.3 Å². The molecule has 0 unspecified atom stereocenters. The third-order valence-corrected chi connectivity index (χ3v) is 2.33. The second kappa shape index (κ2) is 6.84. The lowest BCUT2D eigenvalue weighted by Gasteiger charge is -2.16. The molecule has 0 amide bonds. The highest BCUT2D eigenvalue weighted by Gasteiger charge is 2.32. The van der Waals surface area contributed by atoms with E-state index in [0.29, 0.717) is 12.1 Å². The van der Waals surface area contributed by atoms with Gasteiger partial charge in [-0.3, -0.25) is 0 Å². The Hall–Kier alpha value is -2.66. The van der Waals surface area contributed by atoms with Crippen molar-refractivity contribution in [1.29, 1.82) is 0 Å². The molecule has 1 aromatic carbocycles. The first-order valence-corrected chi connectivity index (χ1v) is 5.84. The lowest BCUT2D eigenvalue weighted by atomic mass is 10.1. The molecule has 0 fully saturated rings. The van der Waals surface area contributed by atoms with E-state index in [-0.39, 0.29) is 0 Å². The SMILES string of the molecule is O=C(O)c1cc(OCC(F)(F)F)c(C(=O)O)cc1OCC(F)(F)F. The van der Waals surface area contributed by atoms with E-state index < -0.39 is 60.1 Å². The van der Waals surface area contributed by atoms with Crippen LogP contribution in [0.5, 0.6) is 11.5 Å². The molecule has 1 rings (SSSR count). The predicted octanol–water partition coefficient (Wildman–Crippen LogP) is 2.97. The van der Waals surface area contributed by atoms with Crippen molar-refractivity contribution in [3.63, 3.8) is 0 Å². The van der Waals surface area contributed by atoms with Crippen molar-refractivity contribution < 1.29 is 55.6 Å². The molecule has 24 heavy (non-hydrogen) atoms. The zero-order valence-electron chi connectivity index (χ0n) is 11.4. The van der Waals surface area contributed by atoms with Crippen LogP contribution >= 0.6 is 0 Å². The molecule has 0 aliphatic rings. The first kappa shape index (κ1) is 19.4. The summed E-state index contributed by atoms with van der Waals surface area (Å²) in [5.41, 5.74) is -1.97. The van der Waals surface area contributed by atoms with Crippen molar-refractivity contribution in [2.45, 2.75) is 12.4 Å². The summed E-state index contributed by atoms with van der Waals surface area (Å²) in [5, 5.41) is 17.8. The fourth-order valence-corrected chi connectivity index (χ4v) is 1.45. The molecule has 0 radical (unpaired) electrons. The van der Waals surface area contributed by atoms with Gasteiger partial charge in [0.05, 0.1) is 0 Å². The molecule has 0 spiro atoms. The van der Waals surface area contributed by atoms with Crippen LogP contribution in [-0.2, 0) is 0 Å². The second-order valence-corrected chi connectivity index (χ2v) is 4.26. The Morgan fingerprint density at radius 2 is 1.08 bits per heavy atom. The molecule has 12 heteroatoms. The summed E-state index contributed by atoms with van der Waals surface area (Å²) in [6, 6.07) is 0.701. The fraction of sp³-hybridized carbons (Fsp3) is 0.333. The van der Waals surface area contributed by atoms with Crippen LogP contribution in [-0.4, -0.2) is 47.7 Å². The van der Waals surface area contributed by atoms with Gasteiger partial charge in [0.15, 0.2) is 13.2 Å². The zero-order chi connectivity index (χ0) is 18.7. The Morgan fingerprint density at radius 1 is 0.792 bits per heavy atom. The molecule has 6 nitrogen and oxygen atoms in total. The number of ether oxygens (including phenoxy) is 2. The number of rotatable bonds is 6. The predicted molar refractivity (Wildman–Crippen MR) is 63.5 cm³/mol. The maximum absolute atomic E-state index is 12.1. The van der Waals surface area contributed by atoms with E-state index >= 15 is 0 Å². The molecular weight excluding hydrogens is 354 g/mol. The topological polar surface area (TPSA) is 93.1 Å². The van der Waals surface area contributed by atoms with Gasteiger partial charge in [-0.25, -0.2) is 9.59 Å². The van der Waals surface area contributed by atoms with Crippen LogP contribution < -0.4 is 9.47 Å². The Kier molecular flexibility index (Phi) is 5.53. The minimum absolute atomic E-state index is 0.350. The summed E-state index contributed by atoms with van der Waals surface area (Å²) in [4.78, 5) is 22.0. The lowest BCUT2D eigenvalue weighted by molar-refractivity contribution is -0.154. The Labute approximate surface area is 129 Å². The number of hydrogen-bond acceptors (Lipinski definition) is 4. The molecule has 0 aliphatic carbocycles. The summed E-state index contributed by atoms with van der Waals surface area (Å²) in [5.74, 6) is -5.64. The van der Waals surface area contributed by atoms with Gasteiger partial charge in [0.2, 0.25) is 0 Å². The van der Waals surface area contributed by atoms with E-state index in [1.54, 1.807) is 0 Å². The van der Waals surface area contributed by atoms with Crippen LogP contribution in [0.15, 0.2) is 12.1 Å². The van der Waals surface area contributed by atoms with Crippen molar-refractivity contribution in [2.75, 3.05) is 13.2 Å². The third kappa shape index (κ3) is 5.85. The quantitative estimate of drug-likeness (QED) is 0.756. The van der Waals surface area contributed by atoms with Crippen molar-refractivity contribution >= 4 is 11.9 Å². The number of carbonyl (C=O) groups is 2. The van der Waals surface area contributed by atoms with E-state index in [1.807, 2.05) is 0 Å². The second-order valence-electron chi connectivity index (χ2n) is 4.26. The molecule has 0 saturated heterocycles. The highest BCUT2D eigenvalue weighted by atomic mass is 19.4. The van der Waals surface area contributed by atoms with Crippen LogP contribution in [0.2, 0.25) is 0 Å². The largest absolute Gasteiger partial charge is 0.483 e. The van der Waals surface area contributed by atoms with Gasteiger partial charge in [0.1, 0.15) is 22.6 Å². The standard InChI is InChI=1S/C12H8F6O6/c13-11(14,15)3-23-7-1-5(9(19)20)8(2-6(7)10(21)22)24-4-12(16,17)18/h1-2H,3-4H2,(H,19,20)(H,21,22). The number of carboxylic acids is 2. The van der Waals surface area contributed by atoms with Crippen molar-refractivity contribution in [2.24, 2.45) is 0 Å². The van der Waals surface area contributed by atoms with Gasteiger partial charge in [0.25, 0.3) is 0 Å². The number of alkyl halides is 6. The number of hydrogen-bond donors (Lipinski definition) is 2.